The van der Waals surface area contributed by atoms with Crippen LogP contribution < -0.4 is 5.73 Å². The van der Waals surface area contributed by atoms with E-state index in [1.807, 2.05) is 30.3 Å². The van der Waals surface area contributed by atoms with E-state index in [0.717, 1.165) is 5.69 Å². The number of anilines is 1. The quantitative estimate of drug-likeness (QED) is 0.546. The number of benzene rings is 1. The Hall–Kier alpha value is 0.408. The average molecular weight is 253 g/mol. The largest absolute Gasteiger partial charge is 4.00 e. The summed E-state index contributed by atoms with van der Waals surface area (Å²) in [6.07, 6.45) is 0. The molecule has 0 unspecified atom stereocenters. The minimum Gasteiger partial charge on any atom is -2.00 e. The van der Waals surface area contributed by atoms with Crippen LogP contribution in [0, 0.1) is 0 Å². The predicted molar refractivity (Wildman–Crippen MR) is 45.6 cm³/mol. The van der Waals surface area contributed by atoms with Gasteiger partial charge in [-0.05, 0) is 12.1 Å². The summed E-state index contributed by atoms with van der Waals surface area (Å²) in [6, 6.07) is 9.49. The molecular weight excluding hydrogens is 246 g/mol. The van der Waals surface area contributed by atoms with Crippen LogP contribution in [-0.2, 0) is 48.1 Å². The fourth-order valence-electron chi connectivity index (χ4n) is 0.453. The summed E-state index contributed by atoms with van der Waals surface area (Å²) in [6.45, 7) is 0. The van der Waals surface area contributed by atoms with E-state index in [4.69, 9.17) is 5.73 Å². The third-order valence-corrected chi connectivity index (χ3v) is 0.800. The van der Waals surface area contributed by atoms with E-state index in [1.165, 1.54) is 0 Å². The van der Waals surface area contributed by atoms with Crippen molar-refractivity contribution in [2.75, 3.05) is 5.73 Å². The van der Waals surface area contributed by atoms with E-state index in [-0.39, 0.29) is 48.1 Å². The molecule has 0 aliphatic rings. The van der Waals surface area contributed by atoms with E-state index in [0.29, 0.717) is 0 Å². The van der Waals surface area contributed by atoms with Crippen molar-refractivity contribution in [1.29, 1.82) is 0 Å². The van der Waals surface area contributed by atoms with Crippen LogP contribution in [0.2, 0.25) is 0 Å². The first kappa shape index (κ1) is 16.8. The van der Waals surface area contributed by atoms with Crippen molar-refractivity contribution in [1.82, 2.24) is 0 Å². The van der Waals surface area contributed by atoms with Crippen LogP contribution in [0.15, 0.2) is 30.3 Å². The van der Waals surface area contributed by atoms with Crippen LogP contribution >= 0.6 is 0 Å². The molecule has 1 aromatic rings. The van der Waals surface area contributed by atoms with Crippen molar-refractivity contribution in [3.63, 3.8) is 0 Å². The summed E-state index contributed by atoms with van der Waals surface area (Å²) in [5.41, 5.74) is 6.18. The summed E-state index contributed by atoms with van der Waals surface area (Å²) < 4.78 is 0. The van der Waals surface area contributed by atoms with Crippen molar-refractivity contribution in [2.45, 2.75) is 0 Å². The van der Waals surface area contributed by atoms with Crippen LogP contribution in [0.25, 0.3) is 0 Å². The third-order valence-electron chi connectivity index (χ3n) is 0.800. The second-order valence-electron chi connectivity index (χ2n) is 1.41. The standard InChI is InChI=1S/C6H7N.Mo.2S/c7-6-4-2-1-3-5-6;;;/h1-5H,7H2;;;/q;+4;2*-2. The maximum Gasteiger partial charge on any atom is 4.00 e. The van der Waals surface area contributed by atoms with Gasteiger partial charge in [0, 0.05) is 5.69 Å². The zero-order valence-corrected chi connectivity index (χ0v) is 8.83. The molecule has 0 amide bonds. The van der Waals surface area contributed by atoms with Gasteiger partial charge in [-0.15, -0.1) is 0 Å². The Morgan fingerprint density at radius 1 is 0.900 bits per heavy atom. The number of rotatable bonds is 0. The molecule has 0 saturated carbocycles. The maximum absolute atomic E-state index is 5.36. The van der Waals surface area contributed by atoms with Gasteiger partial charge in [-0.2, -0.15) is 0 Å². The van der Waals surface area contributed by atoms with Crippen molar-refractivity contribution in [3.05, 3.63) is 30.3 Å². The van der Waals surface area contributed by atoms with E-state index in [2.05, 4.69) is 0 Å². The van der Waals surface area contributed by atoms with Gasteiger partial charge in [-0.3, -0.25) is 0 Å². The van der Waals surface area contributed by atoms with Gasteiger partial charge in [0.05, 0.1) is 0 Å². The molecule has 0 radical (unpaired) electrons. The van der Waals surface area contributed by atoms with Gasteiger partial charge in [0.25, 0.3) is 0 Å². The molecule has 4 heteroatoms. The molecule has 0 heterocycles. The number of para-hydroxylation sites is 1. The summed E-state index contributed by atoms with van der Waals surface area (Å²) in [5, 5.41) is 0. The smallest absolute Gasteiger partial charge is 2.00 e. The van der Waals surface area contributed by atoms with Gasteiger partial charge >= 0.3 is 21.1 Å². The Bertz CT molecular complexity index is 146. The molecule has 10 heavy (non-hydrogen) atoms. The fraction of sp³-hybridized carbons (Fsp3) is 0. The summed E-state index contributed by atoms with van der Waals surface area (Å²) in [7, 11) is 0. The molecule has 1 nitrogen and oxygen atoms in total. The second-order valence-corrected chi connectivity index (χ2v) is 1.41. The number of nitrogen functional groups attached to an aromatic ring is 1. The van der Waals surface area contributed by atoms with Crippen LogP contribution in [0.1, 0.15) is 0 Å². The topological polar surface area (TPSA) is 26.0 Å². The number of nitrogens with two attached hydrogens (primary N) is 1. The Morgan fingerprint density at radius 2 is 1.30 bits per heavy atom. The molecule has 0 bridgehead atoms. The zero-order valence-electron chi connectivity index (χ0n) is 5.19. The molecule has 0 spiro atoms. The molecule has 1 rings (SSSR count). The minimum absolute atomic E-state index is 0. The SMILES string of the molecule is Nc1ccccc1.[Mo+4].[S-2].[S-2]. The Morgan fingerprint density at radius 3 is 1.50 bits per heavy atom. The molecular formula is C6H7MoNS2. The van der Waals surface area contributed by atoms with Gasteiger partial charge in [-0.25, -0.2) is 0 Å². The van der Waals surface area contributed by atoms with Crippen LogP contribution in [0.3, 0.4) is 0 Å². The molecule has 0 aliphatic heterocycles. The van der Waals surface area contributed by atoms with E-state index in [1.54, 1.807) is 0 Å². The second kappa shape index (κ2) is 9.41. The van der Waals surface area contributed by atoms with Crippen molar-refractivity contribution >= 4 is 32.7 Å². The van der Waals surface area contributed by atoms with Crippen LogP contribution in [0.4, 0.5) is 5.69 Å². The normalized spacial score (nSPS) is 6.00. The fourth-order valence-corrected chi connectivity index (χ4v) is 0.453. The van der Waals surface area contributed by atoms with Gasteiger partial charge in [0.15, 0.2) is 0 Å². The molecule has 0 atom stereocenters. The molecule has 0 aliphatic carbocycles. The zero-order chi connectivity index (χ0) is 5.11. The van der Waals surface area contributed by atoms with Crippen molar-refractivity contribution < 1.29 is 21.1 Å². The van der Waals surface area contributed by atoms with Crippen LogP contribution in [0.5, 0.6) is 0 Å². The average Bonchev–Trinajstić information content (AvgIpc) is 1.69. The molecule has 0 fully saturated rings. The van der Waals surface area contributed by atoms with Gasteiger partial charge in [-0.1, -0.05) is 18.2 Å². The molecule has 0 saturated heterocycles. The molecule has 1 aromatic carbocycles. The predicted octanol–water partition coefficient (Wildman–Crippen LogP) is 1.26. The monoisotopic (exact) mass is 255 g/mol. The summed E-state index contributed by atoms with van der Waals surface area (Å²) in [4.78, 5) is 0. The van der Waals surface area contributed by atoms with Crippen molar-refractivity contribution in [2.24, 2.45) is 0 Å². The van der Waals surface area contributed by atoms with Crippen molar-refractivity contribution in [3.8, 4) is 0 Å². The molecule has 0 aromatic heterocycles. The Balaban J connectivity index is -0.000000163. The van der Waals surface area contributed by atoms with E-state index in [9.17, 15) is 0 Å². The van der Waals surface area contributed by atoms with E-state index < -0.39 is 0 Å². The Kier molecular flexibility index (Phi) is 15.8. The first-order valence-corrected chi connectivity index (χ1v) is 2.20. The van der Waals surface area contributed by atoms with Gasteiger partial charge in [0.1, 0.15) is 0 Å². The van der Waals surface area contributed by atoms with E-state index >= 15 is 0 Å². The molecule has 2 N–H and O–H groups in total. The van der Waals surface area contributed by atoms with Gasteiger partial charge in [0.2, 0.25) is 0 Å². The number of hydrogen-bond donors (Lipinski definition) is 1. The maximum atomic E-state index is 5.36. The first-order valence-electron chi connectivity index (χ1n) is 2.20. The number of hydrogen-bond acceptors (Lipinski definition) is 1. The van der Waals surface area contributed by atoms with Crippen LogP contribution in [-0.4, -0.2) is 0 Å². The molecule has 54 valence electrons. The third kappa shape index (κ3) is 6.53. The summed E-state index contributed by atoms with van der Waals surface area (Å²) in [5.74, 6) is 0. The van der Waals surface area contributed by atoms with Gasteiger partial charge < -0.3 is 32.7 Å². The Labute approximate surface area is 89.5 Å². The minimum atomic E-state index is 0. The first-order chi connectivity index (χ1) is 3.39. The summed E-state index contributed by atoms with van der Waals surface area (Å²) >= 11 is 0.